The van der Waals surface area contributed by atoms with Crippen LogP contribution in [0.5, 0.6) is 0 Å². The van der Waals surface area contributed by atoms with Crippen LogP contribution in [-0.4, -0.2) is 38.9 Å². The van der Waals surface area contributed by atoms with Crippen LogP contribution in [0.25, 0.3) is 10.9 Å². The molecule has 1 saturated heterocycles. The van der Waals surface area contributed by atoms with Gasteiger partial charge in [-0.05, 0) is 55.7 Å². The van der Waals surface area contributed by atoms with Gasteiger partial charge in [0.1, 0.15) is 5.84 Å². The molecule has 0 radical (unpaired) electrons. The summed E-state index contributed by atoms with van der Waals surface area (Å²) in [4.78, 5) is 14.8. The number of nitrogen functional groups attached to an aromatic ring is 1. The van der Waals surface area contributed by atoms with E-state index in [-0.39, 0.29) is 17.8 Å². The minimum absolute atomic E-state index is 0.0735. The maximum absolute atomic E-state index is 13.0. The highest BCUT2D eigenvalue weighted by atomic mass is 16.3. The normalized spacial score (nSPS) is 17.2. The van der Waals surface area contributed by atoms with Crippen molar-refractivity contribution in [3.05, 3.63) is 71.4 Å². The van der Waals surface area contributed by atoms with E-state index in [1.165, 1.54) is 5.69 Å². The highest BCUT2D eigenvalue weighted by molar-refractivity contribution is 5.98. The number of aromatic nitrogens is 1. The van der Waals surface area contributed by atoms with E-state index in [1.807, 2.05) is 41.3 Å². The molecule has 2 heterocycles. The minimum atomic E-state index is -1.10. The fourth-order valence-electron chi connectivity index (χ4n) is 4.74. The summed E-state index contributed by atoms with van der Waals surface area (Å²) in [7, 11) is 0. The third-order valence-electron chi connectivity index (χ3n) is 6.36. The Morgan fingerprint density at radius 2 is 2.00 bits per heavy atom. The van der Waals surface area contributed by atoms with Gasteiger partial charge in [-0.2, -0.15) is 0 Å². The molecular weight excluding hydrogens is 388 g/mol. The van der Waals surface area contributed by atoms with Crippen molar-refractivity contribution in [3.63, 3.8) is 0 Å². The minimum Gasteiger partial charge on any atom is -0.384 e. The predicted octanol–water partition coefficient (Wildman–Crippen LogP) is 3.60. The quantitative estimate of drug-likeness (QED) is 0.404. The number of hydrogen-bond acceptors (Lipinski definition) is 3. The Morgan fingerprint density at radius 3 is 2.71 bits per heavy atom. The Balaban J connectivity index is 1.50. The zero-order chi connectivity index (χ0) is 22.0. The lowest BCUT2D eigenvalue weighted by Crippen LogP contribution is -2.39. The third kappa shape index (κ3) is 4.21. The number of aliphatic hydroxyl groups excluding tert-OH is 1. The van der Waals surface area contributed by atoms with E-state index in [9.17, 15) is 9.90 Å². The number of nitrogens with zero attached hydrogens (tertiary/aromatic N) is 2. The molecule has 1 aromatic heterocycles. The van der Waals surface area contributed by atoms with Gasteiger partial charge in [-0.25, -0.2) is 0 Å². The zero-order valence-corrected chi connectivity index (χ0v) is 17.9. The molecule has 3 aromatic rings. The second-order valence-corrected chi connectivity index (χ2v) is 8.25. The SMILES string of the molecule is CCn1c(CCC2CCCN2C(=O)[C@@H](O)c2ccccc2)cc2ccc(C(=N)N)cc21. The second kappa shape index (κ2) is 8.94. The first-order valence-electron chi connectivity index (χ1n) is 11.0. The summed E-state index contributed by atoms with van der Waals surface area (Å²) in [5.74, 6) is -0.125. The number of amidine groups is 1. The summed E-state index contributed by atoms with van der Waals surface area (Å²) in [5.41, 5.74) is 9.36. The van der Waals surface area contributed by atoms with Crippen LogP contribution in [0.4, 0.5) is 0 Å². The van der Waals surface area contributed by atoms with Crippen LogP contribution in [0.2, 0.25) is 0 Å². The first-order chi connectivity index (χ1) is 15.0. The molecular formula is C25H30N4O2. The number of fused-ring (bicyclic) bond motifs is 1. The Labute approximate surface area is 182 Å². The summed E-state index contributed by atoms with van der Waals surface area (Å²) < 4.78 is 2.27. The Morgan fingerprint density at radius 1 is 1.23 bits per heavy atom. The highest BCUT2D eigenvalue weighted by Crippen LogP contribution is 2.28. The lowest BCUT2D eigenvalue weighted by molar-refractivity contribution is -0.141. The van der Waals surface area contributed by atoms with Gasteiger partial charge in [0, 0.05) is 35.9 Å². The smallest absolute Gasteiger partial charge is 0.256 e. The van der Waals surface area contributed by atoms with Gasteiger partial charge in [0.25, 0.3) is 5.91 Å². The molecule has 6 heteroatoms. The molecule has 1 fully saturated rings. The van der Waals surface area contributed by atoms with Crippen LogP contribution in [0.3, 0.4) is 0 Å². The van der Waals surface area contributed by atoms with Crippen LogP contribution in [-0.2, 0) is 17.8 Å². The summed E-state index contributed by atoms with van der Waals surface area (Å²) in [6.45, 7) is 3.65. The number of aliphatic hydroxyl groups is 1. The summed E-state index contributed by atoms with van der Waals surface area (Å²) in [6, 6.07) is 17.4. The van der Waals surface area contributed by atoms with Gasteiger partial charge in [0.05, 0.1) is 0 Å². The van der Waals surface area contributed by atoms with Crippen LogP contribution >= 0.6 is 0 Å². The molecule has 1 aliphatic heterocycles. The third-order valence-corrected chi connectivity index (χ3v) is 6.36. The molecule has 4 rings (SSSR count). The summed E-state index contributed by atoms with van der Waals surface area (Å²) in [6.07, 6.45) is 2.55. The van der Waals surface area contributed by atoms with Crippen molar-refractivity contribution in [2.75, 3.05) is 6.54 Å². The molecule has 162 valence electrons. The second-order valence-electron chi connectivity index (χ2n) is 8.25. The number of aryl methyl sites for hydroxylation is 2. The van der Waals surface area contributed by atoms with E-state index in [2.05, 4.69) is 17.6 Å². The molecule has 6 nitrogen and oxygen atoms in total. The number of amides is 1. The Bertz CT molecular complexity index is 1090. The van der Waals surface area contributed by atoms with Crippen molar-refractivity contribution in [1.82, 2.24) is 9.47 Å². The lowest BCUT2D eigenvalue weighted by atomic mass is 10.0. The highest BCUT2D eigenvalue weighted by Gasteiger charge is 2.32. The Hall–Kier alpha value is -3.12. The topological polar surface area (TPSA) is 95.3 Å². The van der Waals surface area contributed by atoms with Crippen molar-refractivity contribution in [3.8, 4) is 0 Å². The largest absolute Gasteiger partial charge is 0.384 e. The number of hydrogen-bond donors (Lipinski definition) is 3. The molecule has 0 bridgehead atoms. The van der Waals surface area contributed by atoms with Crippen molar-refractivity contribution >= 4 is 22.6 Å². The molecule has 1 aliphatic rings. The van der Waals surface area contributed by atoms with Crippen molar-refractivity contribution in [2.24, 2.45) is 5.73 Å². The monoisotopic (exact) mass is 418 g/mol. The molecule has 0 spiro atoms. The van der Waals surface area contributed by atoms with E-state index in [1.54, 1.807) is 12.1 Å². The van der Waals surface area contributed by atoms with Crippen LogP contribution in [0.1, 0.15) is 49.1 Å². The van der Waals surface area contributed by atoms with E-state index in [0.717, 1.165) is 48.7 Å². The fraction of sp³-hybridized carbons (Fsp3) is 0.360. The molecule has 0 saturated carbocycles. The van der Waals surface area contributed by atoms with Crippen molar-refractivity contribution in [2.45, 2.75) is 51.3 Å². The summed E-state index contributed by atoms with van der Waals surface area (Å²) in [5, 5.41) is 19.4. The number of likely N-dealkylation sites (tertiary alicyclic amines) is 1. The number of carbonyl (C=O) groups excluding carboxylic acids is 1. The van der Waals surface area contributed by atoms with E-state index >= 15 is 0 Å². The number of nitrogens with two attached hydrogens (primary N) is 1. The van der Waals surface area contributed by atoms with Crippen LogP contribution in [0.15, 0.2) is 54.6 Å². The van der Waals surface area contributed by atoms with E-state index in [4.69, 9.17) is 11.1 Å². The molecule has 1 amide bonds. The molecule has 1 unspecified atom stereocenters. The Kier molecular flexibility index (Phi) is 6.09. The number of nitrogens with one attached hydrogen (secondary N) is 1. The molecule has 2 aromatic carbocycles. The van der Waals surface area contributed by atoms with Gasteiger partial charge in [-0.15, -0.1) is 0 Å². The standard InChI is InChI=1S/C25H30N4O2/c1-2-28-21(15-18-10-11-19(24(26)27)16-22(18)28)13-12-20-9-6-14-29(20)25(31)23(30)17-7-4-3-5-8-17/h3-5,7-8,10-11,15-16,20,23,30H,2,6,9,12-14H2,1H3,(H3,26,27)/t20?,23-/m0/s1. The number of benzene rings is 2. The lowest BCUT2D eigenvalue weighted by Gasteiger charge is -2.27. The van der Waals surface area contributed by atoms with Gasteiger partial charge in [-0.1, -0.05) is 42.5 Å². The predicted molar refractivity (Wildman–Crippen MR) is 123 cm³/mol. The van der Waals surface area contributed by atoms with Gasteiger partial charge < -0.3 is 20.3 Å². The molecule has 2 atom stereocenters. The molecule has 31 heavy (non-hydrogen) atoms. The summed E-state index contributed by atoms with van der Waals surface area (Å²) >= 11 is 0. The average Bonchev–Trinajstić information content (AvgIpc) is 3.40. The first kappa shape index (κ1) is 21.1. The molecule has 0 aliphatic carbocycles. The fourth-order valence-corrected chi connectivity index (χ4v) is 4.74. The van der Waals surface area contributed by atoms with Crippen LogP contribution in [0, 0.1) is 5.41 Å². The van der Waals surface area contributed by atoms with Gasteiger partial charge in [0.2, 0.25) is 0 Å². The van der Waals surface area contributed by atoms with Crippen molar-refractivity contribution in [1.29, 1.82) is 5.41 Å². The maximum Gasteiger partial charge on any atom is 0.256 e. The average molecular weight is 419 g/mol. The van der Waals surface area contributed by atoms with E-state index < -0.39 is 6.10 Å². The zero-order valence-electron chi connectivity index (χ0n) is 17.9. The number of rotatable bonds is 7. The van der Waals surface area contributed by atoms with Gasteiger partial charge in [0.15, 0.2) is 6.10 Å². The van der Waals surface area contributed by atoms with Gasteiger partial charge in [-0.3, -0.25) is 10.2 Å². The maximum atomic E-state index is 13.0. The van der Waals surface area contributed by atoms with Gasteiger partial charge >= 0.3 is 0 Å². The van der Waals surface area contributed by atoms with Crippen molar-refractivity contribution < 1.29 is 9.90 Å². The van der Waals surface area contributed by atoms with E-state index in [0.29, 0.717) is 12.1 Å². The van der Waals surface area contributed by atoms with Crippen LogP contribution < -0.4 is 5.73 Å². The first-order valence-corrected chi connectivity index (χ1v) is 11.0. The number of carbonyl (C=O) groups is 1. The molecule has 4 N–H and O–H groups in total.